The Balaban J connectivity index is 1.20. The highest BCUT2D eigenvalue weighted by Crippen LogP contribution is 2.49. The lowest BCUT2D eigenvalue weighted by Gasteiger charge is -2.41. The summed E-state index contributed by atoms with van der Waals surface area (Å²) in [5.74, 6) is 0.467. The van der Waals surface area contributed by atoms with Gasteiger partial charge in [0.2, 0.25) is 0 Å². The van der Waals surface area contributed by atoms with Gasteiger partial charge >= 0.3 is 6.09 Å². The van der Waals surface area contributed by atoms with Crippen molar-refractivity contribution in [1.82, 2.24) is 20.2 Å². The number of aryl methyl sites for hydroxylation is 2. The summed E-state index contributed by atoms with van der Waals surface area (Å²) in [6, 6.07) is 13.8. The van der Waals surface area contributed by atoms with Crippen LogP contribution in [0.25, 0.3) is 21.3 Å². The normalized spacial score (nSPS) is 17.5. The van der Waals surface area contributed by atoms with Crippen LogP contribution in [0, 0.1) is 13.8 Å². The number of rotatable bonds is 7. The predicted molar refractivity (Wildman–Crippen MR) is 164 cm³/mol. The summed E-state index contributed by atoms with van der Waals surface area (Å²) in [4.78, 5) is 38.1. The van der Waals surface area contributed by atoms with Crippen molar-refractivity contribution in [3.8, 4) is 16.2 Å². The number of carbonyl (C=O) groups is 2. The smallest absolute Gasteiger partial charge is 0.410 e. The van der Waals surface area contributed by atoms with Gasteiger partial charge in [-0.15, -0.1) is 11.3 Å². The number of benzene rings is 2. The predicted octanol–water partition coefficient (Wildman–Crippen LogP) is 6.78. The molecule has 2 fully saturated rings. The molecular formula is C33H36N4O4S. The fraction of sp³-hybridized carbons (Fsp3) is 0.394. The number of fused-ring (bicyclic) bond motifs is 1. The number of aromatic nitrogens is 2. The first-order valence-electron chi connectivity index (χ1n) is 14.4. The Morgan fingerprint density at radius 3 is 2.60 bits per heavy atom. The molecule has 1 saturated carbocycles. The molecule has 0 unspecified atom stereocenters. The highest BCUT2D eigenvalue weighted by atomic mass is 32.1. The Kier molecular flexibility index (Phi) is 7.17. The van der Waals surface area contributed by atoms with E-state index in [1.165, 1.54) is 0 Å². The third kappa shape index (κ3) is 5.70. The minimum atomic E-state index is -0.541. The van der Waals surface area contributed by atoms with Crippen molar-refractivity contribution in [2.45, 2.75) is 71.1 Å². The lowest BCUT2D eigenvalue weighted by molar-refractivity contribution is -0.0141. The zero-order chi connectivity index (χ0) is 29.6. The molecule has 0 spiro atoms. The van der Waals surface area contributed by atoms with E-state index in [-0.39, 0.29) is 18.0 Å². The summed E-state index contributed by atoms with van der Waals surface area (Å²) in [5, 5.41) is 5.43. The number of pyridine rings is 1. The standard InChI is InChI=1S/C33H36N4O4S/c1-20-8-9-24(40-19-23-10-14-37(23)31(39)41-32(3,4)5)17-26(20)30(38)36-33(11-12-33)27-15-22(29-18-35-21(2)42-29)16-28-25(27)7-6-13-34-28/h6-9,13,15-18,23H,10-12,14,19H2,1-5H3,(H,36,38)/t23-/m0/s1. The van der Waals surface area contributed by atoms with Crippen molar-refractivity contribution in [3.05, 3.63) is 76.6 Å². The van der Waals surface area contributed by atoms with E-state index in [0.29, 0.717) is 24.5 Å². The minimum Gasteiger partial charge on any atom is -0.491 e. The topological polar surface area (TPSA) is 93.7 Å². The van der Waals surface area contributed by atoms with Gasteiger partial charge in [-0.2, -0.15) is 0 Å². The van der Waals surface area contributed by atoms with E-state index in [1.54, 1.807) is 28.5 Å². The van der Waals surface area contributed by atoms with E-state index in [2.05, 4.69) is 33.5 Å². The van der Waals surface area contributed by atoms with Gasteiger partial charge in [0.1, 0.15) is 18.0 Å². The summed E-state index contributed by atoms with van der Waals surface area (Å²) in [6.07, 6.45) is 5.94. The first-order valence-corrected chi connectivity index (χ1v) is 15.2. The molecule has 8 nitrogen and oxygen atoms in total. The van der Waals surface area contributed by atoms with Crippen LogP contribution in [-0.4, -0.2) is 51.7 Å². The largest absolute Gasteiger partial charge is 0.491 e. The fourth-order valence-corrected chi connectivity index (χ4v) is 6.15. The Morgan fingerprint density at radius 2 is 1.93 bits per heavy atom. The SMILES string of the molecule is Cc1ncc(-c2cc(C3(NC(=O)c4cc(OC[C@@H]5CCN5C(=O)OC(C)(C)C)ccc4C)CC3)c3cccnc3c2)s1. The number of ether oxygens (including phenoxy) is 2. The fourth-order valence-electron chi connectivity index (χ4n) is 5.39. The molecule has 1 atom stereocenters. The molecule has 2 aliphatic rings. The van der Waals surface area contributed by atoms with Gasteiger partial charge in [0, 0.05) is 29.9 Å². The Bertz CT molecular complexity index is 1670. The zero-order valence-electron chi connectivity index (χ0n) is 24.7. The monoisotopic (exact) mass is 584 g/mol. The number of nitrogens with zero attached hydrogens (tertiary/aromatic N) is 3. The highest BCUT2D eigenvalue weighted by molar-refractivity contribution is 7.15. The molecule has 2 aromatic heterocycles. The average Bonchev–Trinajstić information content (AvgIpc) is 3.56. The van der Waals surface area contributed by atoms with Gasteiger partial charge in [-0.05, 0) is 101 Å². The maximum absolute atomic E-state index is 13.8. The molecule has 1 aliphatic carbocycles. The number of hydrogen-bond acceptors (Lipinski definition) is 7. The van der Waals surface area contributed by atoms with Gasteiger partial charge in [0.25, 0.3) is 5.91 Å². The number of nitrogens with one attached hydrogen (secondary N) is 1. The van der Waals surface area contributed by atoms with E-state index in [0.717, 1.165) is 56.7 Å². The van der Waals surface area contributed by atoms with Gasteiger partial charge < -0.3 is 19.7 Å². The van der Waals surface area contributed by atoms with Crippen LogP contribution < -0.4 is 10.1 Å². The maximum atomic E-state index is 13.8. The van der Waals surface area contributed by atoms with Crippen LogP contribution in [-0.2, 0) is 10.3 Å². The van der Waals surface area contributed by atoms with E-state index in [9.17, 15) is 9.59 Å². The van der Waals surface area contributed by atoms with Crippen LogP contribution in [0.15, 0.2) is 54.9 Å². The Hall–Kier alpha value is -3.98. The zero-order valence-corrected chi connectivity index (χ0v) is 25.5. The summed E-state index contributed by atoms with van der Waals surface area (Å²) < 4.78 is 11.6. The molecule has 2 aromatic carbocycles. The third-order valence-corrected chi connectivity index (χ3v) is 8.87. The summed E-state index contributed by atoms with van der Waals surface area (Å²) in [5.41, 5.74) is 3.49. The van der Waals surface area contributed by atoms with E-state index in [1.807, 2.05) is 59.0 Å². The van der Waals surface area contributed by atoms with Crippen LogP contribution in [0.5, 0.6) is 5.75 Å². The van der Waals surface area contributed by atoms with Gasteiger partial charge in [0.15, 0.2) is 0 Å². The summed E-state index contributed by atoms with van der Waals surface area (Å²) in [6.45, 7) is 10.5. The molecule has 3 heterocycles. The van der Waals surface area contributed by atoms with E-state index < -0.39 is 11.1 Å². The first kappa shape index (κ1) is 28.2. The van der Waals surface area contributed by atoms with Crippen molar-refractivity contribution in [3.63, 3.8) is 0 Å². The van der Waals surface area contributed by atoms with Crippen molar-refractivity contribution >= 4 is 34.2 Å². The van der Waals surface area contributed by atoms with E-state index in [4.69, 9.17) is 9.47 Å². The van der Waals surface area contributed by atoms with Crippen molar-refractivity contribution in [2.75, 3.05) is 13.2 Å². The van der Waals surface area contributed by atoms with Crippen LogP contribution in [0.4, 0.5) is 4.79 Å². The second-order valence-corrected chi connectivity index (χ2v) is 13.5. The van der Waals surface area contributed by atoms with Gasteiger partial charge in [-0.25, -0.2) is 9.78 Å². The molecule has 6 rings (SSSR count). The van der Waals surface area contributed by atoms with E-state index >= 15 is 0 Å². The van der Waals surface area contributed by atoms with Gasteiger partial charge in [0.05, 0.1) is 27.0 Å². The molecule has 0 bridgehead atoms. The van der Waals surface area contributed by atoms with Gasteiger partial charge in [-0.1, -0.05) is 12.1 Å². The lowest BCUT2D eigenvalue weighted by Crippen LogP contribution is -2.55. The molecule has 1 N–H and O–H groups in total. The third-order valence-electron chi connectivity index (χ3n) is 7.91. The van der Waals surface area contributed by atoms with Crippen LogP contribution in [0.2, 0.25) is 0 Å². The van der Waals surface area contributed by atoms with Crippen LogP contribution >= 0.6 is 11.3 Å². The molecule has 42 heavy (non-hydrogen) atoms. The van der Waals surface area contributed by atoms with Crippen LogP contribution in [0.1, 0.15) is 66.5 Å². The van der Waals surface area contributed by atoms with Crippen molar-refractivity contribution in [1.29, 1.82) is 0 Å². The molecule has 1 saturated heterocycles. The minimum absolute atomic E-state index is 0.0512. The molecule has 9 heteroatoms. The quantitative estimate of drug-likeness (QED) is 0.257. The molecular weight excluding hydrogens is 548 g/mol. The molecule has 218 valence electrons. The maximum Gasteiger partial charge on any atom is 0.410 e. The van der Waals surface area contributed by atoms with Crippen molar-refractivity contribution in [2.24, 2.45) is 0 Å². The molecule has 1 aliphatic heterocycles. The van der Waals surface area contributed by atoms with Crippen molar-refractivity contribution < 1.29 is 19.1 Å². The van der Waals surface area contributed by atoms with Gasteiger partial charge in [-0.3, -0.25) is 9.78 Å². The first-order chi connectivity index (χ1) is 20.0. The molecule has 2 amide bonds. The second-order valence-electron chi connectivity index (χ2n) is 12.3. The lowest BCUT2D eigenvalue weighted by atomic mass is 9.95. The molecule has 4 aromatic rings. The summed E-state index contributed by atoms with van der Waals surface area (Å²) >= 11 is 1.65. The summed E-state index contributed by atoms with van der Waals surface area (Å²) in [7, 11) is 0. The number of thiazole rings is 1. The number of carbonyl (C=O) groups excluding carboxylic acids is 2. The Labute approximate surface area is 250 Å². The number of amides is 2. The number of likely N-dealkylation sites (tertiary alicyclic amines) is 1. The average molecular weight is 585 g/mol. The van der Waals surface area contributed by atoms with Crippen LogP contribution in [0.3, 0.4) is 0 Å². The number of hydrogen-bond donors (Lipinski definition) is 1. The Morgan fingerprint density at radius 1 is 1.12 bits per heavy atom. The molecule has 0 radical (unpaired) electrons. The highest BCUT2D eigenvalue weighted by Gasteiger charge is 2.47. The second kappa shape index (κ2) is 10.7.